The zero-order valence-corrected chi connectivity index (χ0v) is 10.7. The Kier molecular flexibility index (Phi) is 3.49. The minimum absolute atomic E-state index is 0.193. The molecule has 0 saturated heterocycles. The molecular weight excluding hydrogens is 282 g/mol. The van der Waals surface area contributed by atoms with E-state index in [9.17, 15) is 4.79 Å². The van der Waals surface area contributed by atoms with Crippen molar-refractivity contribution in [2.75, 3.05) is 5.32 Å². The van der Waals surface area contributed by atoms with Crippen LogP contribution < -0.4 is 5.32 Å². The Morgan fingerprint density at radius 3 is 2.82 bits per heavy atom. The number of carbonyl (C=O) groups excluding carboxylic acids is 1. The molecule has 4 nitrogen and oxygen atoms in total. The van der Waals surface area contributed by atoms with Gasteiger partial charge in [0.05, 0.1) is 6.20 Å². The summed E-state index contributed by atoms with van der Waals surface area (Å²) >= 11 is 3.39. The third kappa shape index (κ3) is 2.88. The number of aryl methyl sites for hydroxylation is 1. The summed E-state index contributed by atoms with van der Waals surface area (Å²) in [6.45, 7) is 1.93. The monoisotopic (exact) mass is 291 g/mol. The molecule has 0 unspecified atom stereocenters. The molecule has 0 bridgehead atoms. The maximum absolute atomic E-state index is 11.9. The Hall–Kier alpha value is -1.75. The van der Waals surface area contributed by atoms with Gasteiger partial charge < -0.3 is 5.32 Å². The number of carbonyl (C=O) groups is 1. The van der Waals surface area contributed by atoms with Gasteiger partial charge in [-0.05, 0) is 30.7 Å². The maximum atomic E-state index is 11.9. The predicted octanol–water partition coefficient (Wildman–Crippen LogP) is 2.80. The first kappa shape index (κ1) is 11.7. The molecule has 17 heavy (non-hydrogen) atoms. The summed E-state index contributed by atoms with van der Waals surface area (Å²) < 4.78 is 0.980. The molecule has 0 atom stereocenters. The molecule has 0 fully saturated rings. The van der Waals surface area contributed by atoms with Crippen LogP contribution >= 0.6 is 15.9 Å². The second-order valence-corrected chi connectivity index (χ2v) is 4.36. The highest BCUT2D eigenvalue weighted by Gasteiger charge is 2.07. The number of nitrogens with zero attached hydrogens (tertiary/aromatic N) is 2. The lowest BCUT2D eigenvalue weighted by Crippen LogP contribution is -2.13. The zero-order chi connectivity index (χ0) is 12.3. The van der Waals surface area contributed by atoms with E-state index in [2.05, 4.69) is 31.2 Å². The van der Waals surface area contributed by atoms with Gasteiger partial charge in [0.25, 0.3) is 5.91 Å². The van der Waals surface area contributed by atoms with E-state index < -0.39 is 0 Å². The fourth-order valence-electron chi connectivity index (χ4n) is 1.34. The maximum Gasteiger partial charge on any atom is 0.256 e. The molecule has 2 aromatic rings. The number of hydrogen-bond acceptors (Lipinski definition) is 3. The number of anilines is 1. The average molecular weight is 292 g/mol. The van der Waals surface area contributed by atoms with E-state index in [0.29, 0.717) is 11.4 Å². The van der Waals surface area contributed by atoms with Crippen LogP contribution in [0.5, 0.6) is 0 Å². The predicted molar refractivity (Wildman–Crippen MR) is 68.9 cm³/mol. The lowest BCUT2D eigenvalue weighted by atomic mass is 10.1. The van der Waals surface area contributed by atoms with Crippen LogP contribution in [0.4, 0.5) is 5.82 Å². The fourth-order valence-corrected chi connectivity index (χ4v) is 1.58. The average Bonchev–Trinajstić information content (AvgIpc) is 2.34. The molecule has 2 rings (SSSR count). The van der Waals surface area contributed by atoms with E-state index in [1.807, 2.05) is 19.1 Å². The molecule has 1 amide bonds. The number of amides is 1. The van der Waals surface area contributed by atoms with Crippen LogP contribution in [0.15, 0.2) is 41.3 Å². The highest BCUT2D eigenvalue weighted by atomic mass is 79.9. The minimum atomic E-state index is -0.193. The van der Waals surface area contributed by atoms with Gasteiger partial charge in [-0.1, -0.05) is 15.9 Å². The van der Waals surface area contributed by atoms with Crippen molar-refractivity contribution in [3.05, 3.63) is 52.4 Å². The SMILES string of the molecule is Cc1cc(C(=O)Nc2cnccn2)ccc1Br. The van der Waals surface area contributed by atoms with Gasteiger partial charge >= 0.3 is 0 Å². The van der Waals surface area contributed by atoms with Gasteiger partial charge in [0.2, 0.25) is 0 Å². The topological polar surface area (TPSA) is 54.9 Å². The molecule has 1 aromatic carbocycles. The number of halogens is 1. The van der Waals surface area contributed by atoms with E-state index >= 15 is 0 Å². The summed E-state index contributed by atoms with van der Waals surface area (Å²) in [5.74, 6) is 0.249. The van der Waals surface area contributed by atoms with Crippen molar-refractivity contribution < 1.29 is 4.79 Å². The van der Waals surface area contributed by atoms with Crippen molar-refractivity contribution >= 4 is 27.7 Å². The molecule has 0 aliphatic carbocycles. The third-order valence-electron chi connectivity index (χ3n) is 2.22. The summed E-state index contributed by atoms with van der Waals surface area (Å²) in [6, 6.07) is 5.42. The van der Waals surface area contributed by atoms with Gasteiger partial charge in [-0.3, -0.25) is 9.78 Å². The standard InChI is InChI=1S/C12H10BrN3O/c1-8-6-9(2-3-10(8)13)12(17)16-11-7-14-4-5-15-11/h2-7H,1H3,(H,15,16,17). The van der Waals surface area contributed by atoms with Crippen LogP contribution in [0.25, 0.3) is 0 Å². The van der Waals surface area contributed by atoms with Gasteiger partial charge in [-0.2, -0.15) is 0 Å². The Labute approximate surface area is 107 Å². The summed E-state index contributed by atoms with van der Waals surface area (Å²) in [5, 5.41) is 2.68. The van der Waals surface area contributed by atoms with Crippen molar-refractivity contribution in [3.8, 4) is 0 Å². The molecule has 0 aliphatic heterocycles. The molecule has 0 saturated carbocycles. The van der Waals surface area contributed by atoms with E-state index in [1.54, 1.807) is 12.3 Å². The van der Waals surface area contributed by atoms with E-state index in [4.69, 9.17) is 0 Å². The lowest BCUT2D eigenvalue weighted by Gasteiger charge is -2.05. The normalized spacial score (nSPS) is 10.0. The molecule has 1 aromatic heterocycles. The largest absolute Gasteiger partial charge is 0.305 e. The quantitative estimate of drug-likeness (QED) is 0.926. The van der Waals surface area contributed by atoms with Crippen molar-refractivity contribution in [1.82, 2.24) is 9.97 Å². The highest BCUT2D eigenvalue weighted by Crippen LogP contribution is 2.17. The molecule has 1 N–H and O–H groups in total. The summed E-state index contributed by atoms with van der Waals surface area (Å²) in [5.41, 5.74) is 1.60. The van der Waals surface area contributed by atoms with Crippen LogP contribution in [0.2, 0.25) is 0 Å². The fraction of sp³-hybridized carbons (Fsp3) is 0.0833. The van der Waals surface area contributed by atoms with Gasteiger partial charge in [0.1, 0.15) is 0 Å². The van der Waals surface area contributed by atoms with Gasteiger partial charge in [-0.15, -0.1) is 0 Å². The Morgan fingerprint density at radius 2 is 2.18 bits per heavy atom. The molecule has 0 radical (unpaired) electrons. The van der Waals surface area contributed by atoms with Crippen molar-refractivity contribution in [2.45, 2.75) is 6.92 Å². The molecule has 1 heterocycles. The van der Waals surface area contributed by atoms with Gasteiger partial charge in [0, 0.05) is 22.4 Å². The molecule has 0 spiro atoms. The van der Waals surface area contributed by atoms with Crippen LogP contribution in [0.3, 0.4) is 0 Å². The van der Waals surface area contributed by atoms with Gasteiger partial charge in [0.15, 0.2) is 5.82 Å². The van der Waals surface area contributed by atoms with E-state index in [1.165, 1.54) is 12.4 Å². The van der Waals surface area contributed by atoms with Crippen LogP contribution in [-0.4, -0.2) is 15.9 Å². The Balaban J connectivity index is 2.18. The minimum Gasteiger partial charge on any atom is -0.305 e. The number of aromatic nitrogens is 2. The summed E-state index contributed by atoms with van der Waals surface area (Å²) in [7, 11) is 0. The second kappa shape index (κ2) is 5.05. The van der Waals surface area contributed by atoms with Crippen LogP contribution in [0, 0.1) is 6.92 Å². The number of nitrogens with one attached hydrogen (secondary N) is 1. The number of hydrogen-bond donors (Lipinski definition) is 1. The number of rotatable bonds is 2. The Bertz CT molecular complexity index is 543. The second-order valence-electron chi connectivity index (χ2n) is 3.51. The lowest BCUT2D eigenvalue weighted by molar-refractivity contribution is 0.102. The van der Waals surface area contributed by atoms with Crippen molar-refractivity contribution in [3.63, 3.8) is 0 Å². The molecule has 5 heteroatoms. The Morgan fingerprint density at radius 1 is 1.35 bits per heavy atom. The highest BCUT2D eigenvalue weighted by molar-refractivity contribution is 9.10. The van der Waals surface area contributed by atoms with Crippen LogP contribution in [0.1, 0.15) is 15.9 Å². The van der Waals surface area contributed by atoms with Gasteiger partial charge in [-0.25, -0.2) is 4.98 Å². The third-order valence-corrected chi connectivity index (χ3v) is 3.11. The van der Waals surface area contributed by atoms with Crippen molar-refractivity contribution in [2.24, 2.45) is 0 Å². The van der Waals surface area contributed by atoms with E-state index in [0.717, 1.165) is 10.0 Å². The molecule has 0 aliphatic rings. The summed E-state index contributed by atoms with van der Waals surface area (Å²) in [6.07, 6.45) is 4.59. The number of benzene rings is 1. The van der Waals surface area contributed by atoms with Crippen molar-refractivity contribution in [1.29, 1.82) is 0 Å². The van der Waals surface area contributed by atoms with Crippen LogP contribution in [-0.2, 0) is 0 Å². The zero-order valence-electron chi connectivity index (χ0n) is 9.14. The smallest absolute Gasteiger partial charge is 0.256 e. The molecular formula is C12H10BrN3O. The first-order valence-corrected chi connectivity index (χ1v) is 5.79. The first-order chi connectivity index (χ1) is 8.16. The van der Waals surface area contributed by atoms with E-state index in [-0.39, 0.29) is 5.91 Å². The molecule has 86 valence electrons. The first-order valence-electron chi connectivity index (χ1n) is 5.00. The summed E-state index contributed by atoms with van der Waals surface area (Å²) in [4.78, 5) is 19.7.